The first-order valence-corrected chi connectivity index (χ1v) is 10.5. The van der Waals surface area contributed by atoms with Crippen molar-refractivity contribution < 1.29 is 9.59 Å². The predicted molar refractivity (Wildman–Crippen MR) is 117 cm³/mol. The van der Waals surface area contributed by atoms with Crippen molar-refractivity contribution in [3.8, 4) is 0 Å². The molecule has 0 bridgehead atoms. The van der Waals surface area contributed by atoms with Crippen LogP contribution in [0.3, 0.4) is 0 Å². The smallest absolute Gasteiger partial charge is 0.257 e. The molecular weight excluding hydrogens is 402 g/mol. The molecule has 3 aromatic rings. The van der Waals surface area contributed by atoms with E-state index < -0.39 is 0 Å². The summed E-state index contributed by atoms with van der Waals surface area (Å²) in [5.74, 6) is -0.439. The number of pyridine rings is 1. The lowest BCUT2D eigenvalue weighted by molar-refractivity contribution is 0.0794. The first kappa shape index (κ1) is 20.3. The Kier molecular flexibility index (Phi) is 5.47. The van der Waals surface area contributed by atoms with E-state index in [1.807, 2.05) is 18.5 Å². The van der Waals surface area contributed by atoms with Gasteiger partial charge in [-0.3, -0.25) is 9.59 Å². The number of carbonyl (C=O) groups excluding carboxylic acids is 2. The van der Waals surface area contributed by atoms with E-state index in [-0.39, 0.29) is 17.9 Å². The molecule has 156 valence electrons. The predicted octanol–water partition coefficient (Wildman–Crippen LogP) is 4.46. The van der Waals surface area contributed by atoms with Crippen LogP contribution in [0.1, 0.15) is 59.1 Å². The zero-order chi connectivity index (χ0) is 21.4. The van der Waals surface area contributed by atoms with Crippen LogP contribution < -0.4 is 5.32 Å². The van der Waals surface area contributed by atoms with Gasteiger partial charge < -0.3 is 10.2 Å². The summed E-state index contributed by atoms with van der Waals surface area (Å²) in [5.41, 5.74) is 2.63. The Bertz CT molecular complexity index is 1130. The standard InChI is InChI=1S/C22H24ClN5O2/c1-13(2)28-20-15(12-24-28)10-17(14(3)25-20)21(29)26-19-7-6-16(23)11-18(19)22(30)27-8-4-5-9-27/h6-7,10-13H,4-5,8-9H2,1-3H3,(H,26,29). The molecule has 30 heavy (non-hydrogen) atoms. The van der Waals surface area contributed by atoms with Gasteiger partial charge in [0.05, 0.1) is 28.7 Å². The fourth-order valence-electron chi connectivity index (χ4n) is 3.76. The number of amides is 2. The number of aromatic nitrogens is 3. The Balaban J connectivity index is 1.66. The number of hydrogen-bond donors (Lipinski definition) is 1. The third-order valence-electron chi connectivity index (χ3n) is 5.35. The Morgan fingerprint density at radius 3 is 2.57 bits per heavy atom. The number of carbonyl (C=O) groups is 2. The molecule has 7 nitrogen and oxygen atoms in total. The van der Waals surface area contributed by atoms with Crippen molar-refractivity contribution >= 4 is 40.1 Å². The summed E-state index contributed by atoms with van der Waals surface area (Å²) in [7, 11) is 0. The van der Waals surface area contributed by atoms with E-state index >= 15 is 0 Å². The van der Waals surface area contributed by atoms with E-state index in [0.717, 1.165) is 37.0 Å². The van der Waals surface area contributed by atoms with Crippen LogP contribution in [-0.4, -0.2) is 44.6 Å². The van der Waals surface area contributed by atoms with Crippen LogP contribution in [0, 0.1) is 6.92 Å². The molecule has 0 saturated carbocycles. The number of halogens is 1. The molecule has 0 spiro atoms. The highest BCUT2D eigenvalue weighted by molar-refractivity contribution is 6.31. The van der Waals surface area contributed by atoms with Crippen molar-refractivity contribution in [3.05, 3.63) is 52.3 Å². The summed E-state index contributed by atoms with van der Waals surface area (Å²) in [6.45, 7) is 7.30. The van der Waals surface area contributed by atoms with Gasteiger partial charge in [0.15, 0.2) is 5.65 Å². The van der Waals surface area contributed by atoms with Gasteiger partial charge in [0.25, 0.3) is 11.8 Å². The third kappa shape index (κ3) is 3.77. The number of fused-ring (bicyclic) bond motifs is 1. The van der Waals surface area contributed by atoms with Gasteiger partial charge in [0.2, 0.25) is 0 Å². The van der Waals surface area contributed by atoms with E-state index in [1.54, 1.807) is 42.3 Å². The largest absolute Gasteiger partial charge is 0.339 e. The highest BCUT2D eigenvalue weighted by Gasteiger charge is 2.24. The number of benzene rings is 1. The maximum absolute atomic E-state index is 13.1. The van der Waals surface area contributed by atoms with Crippen LogP contribution in [0.15, 0.2) is 30.5 Å². The van der Waals surface area contributed by atoms with Crippen LogP contribution in [-0.2, 0) is 0 Å². The molecule has 1 N–H and O–H groups in total. The summed E-state index contributed by atoms with van der Waals surface area (Å²) < 4.78 is 1.83. The molecule has 0 atom stereocenters. The molecule has 0 aliphatic carbocycles. The Hall–Kier alpha value is -2.93. The fourth-order valence-corrected chi connectivity index (χ4v) is 3.93. The molecule has 1 saturated heterocycles. The highest BCUT2D eigenvalue weighted by atomic mass is 35.5. The lowest BCUT2D eigenvalue weighted by Gasteiger charge is -2.18. The first-order valence-electron chi connectivity index (χ1n) is 10.1. The molecule has 2 amide bonds. The van der Waals surface area contributed by atoms with Gasteiger partial charge in [-0.15, -0.1) is 0 Å². The van der Waals surface area contributed by atoms with Crippen molar-refractivity contribution in [1.29, 1.82) is 0 Å². The van der Waals surface area contributed by atoms with Crippen LogP contribution in [0.5, 0.6) is 0 Å². The normalized spacial score (nSPS) is 14.0. The van der Waals surface area contributed by atoms with Crippen LogP contribution >= 0.6 is 11.6 Å². The SMILES string of the molecule is Cc1nc2c(cnn2C(C)C)cc1C(=O)Nc1ccc(Cl)cc1C(=O)N1CCCC1. The quantitative estimate of drug-likeness (QED) is 0.669. The third-order valence-corrected chi connectivity index (χ3v) is 5.58. The van der Waals surface area contributed by atoms with Crippen LogP contribution in [0.25, 0.3) is 11.0 Å². The molecule has 0 unspecified atom stereocenters. The number of likely N-dealkylation sites (tertiary alicyclic amines) is 1. The van der Waals surface area contributed by atoms with E-state index in [9.17, 15) is 9.59 Å². The average molecular weight is 426 g/mol. The van der Waals surface area contributed by atoms with Gasteiger partial charge in [0, 0.05) is 29.5 Å². The second kappa shape index (κ2) is 8.07. The minimum atomic E-state index is -0.322. The van der Waals surface area contributed by atoms with Gasteiger partial charge in [-0.25, -0.2) is 9.67 Å². The molecule has 1 aromatic carbocycles. The maximum atomic E-state index is 13.1. The highest BCUT2D eigenvalue weighted by Crippen LogP contribution is 2.26. The van der Waals surface area contributed by atoms with Crippen LogP contribution in [0.2, 0.25) is 5.02 Å². The Labute approximate surface area is 180 Å². The number of rotatable bonds is 4. The zero-order valence-electron chi connectivity index (χ0n) is 17.3. The molecule has 4 rings (SSSR count). The molecule has 1 fully saturated rings. The zero-order valence-corrected chi connectivity index (χ0v) is 18.0. The minimum absolute atomic E-state index is 0.117. The number of nitrogens with zero attached hydrogens (tertiary/aromatic N) is 4. The van der Waals surface area contributed by atoms with E-state index in [0.29, 0.717) is 27.5 Å². The van der Waals surface area contributed by atoms with Crippen molar-refractivity contribution in [3.63, 3.8) is 0 Å². The summed E-state index contributed by atoms with van der Waals surface area (Å²) in [6, 6.07) is 6.90. The van der Waals surface area contributed by atoms with Gasteiger partial charge >= 0.3 is 0 Å². The molecule has 1 aliphatic rings. The number of hydrogen-bond acceptors (Lipinski definition) is 4. The van der Waals surface area contributed by atoms with E-state index in [4.69, 9.17) is 11.6 Å². The van der Waals surface area contributed by atoms with Crippen molar-refractivity contribution in [2.24, 2.45) is 0 Å². The first-order chi connectivity index (χ1) is 14.3. The monoisotopic (exact) mass is 425 g/mol. The van der Waals surface area contributed by atoms with Crippen molar-refractivity contribution in [2.45, 2.75) is 39.7 Å². The van der Waals surface area contributed by atoms with Gasteiger partial charge in [-0.1, -0.05) is 11.6 Å². The van der Waals surface area contributed by atoms with Crippen molar-refractivity contribution in [2.75, 3.05) is 18.4 Å². The van der Waals surface area contributed by atoms with E-state index in [2.05, 4.69) is 15.4 Å². The van der Waals surface area contributed by atoms with Gasteiger partial charge in [-0.05, 0) is 57.9 Å². The Morgan fingerprint density at radius 2 is 1.87 bits per heavy atom. The van der Waals surface area contributed by atoms with Crippen LogP contribution in [0.4, 0.5) is 5.69 Å². The summed E-state index contributed by atoms with van der Waals surface area (Å²) in [4.78, 5) is 32.4. The second-order valence-electron chi connectivity index (χ2n) is 7.86. The fraction of sp³-hybridized carbons (Fsp3) is 0.364. The van der Waals surface area contributed by atoms with Gasteiger partial charge in [-0.2, -0.15) is 5.10 Å². The molecular formula is C22H24ClN5O2. The maximum Gasteiger partial charge on any atom is 0.257 e. The molecule has 0 radical (unpaired) electrons. The number of nitrogens with one attached hydrogen (secondary N) is 1. The van der Waals surface area contributed by atoms with Gasteiger partial charge in [0.1, 0.15) is 0 Å². The van der Waals surface area contributed by atoms with Crippen molar-refractivity contribution in [1.82, 2.24) is 19.7 Å². The Morgan fingerprint density at radius 1 is 1.13 bits per heavy atom. The number of anilines is 1. The minimum Gasteiger partial charge on any atom is -0.339 e. The molecule has 8 heteroatoms. The summed E-state index contributed by atoms with van der Waals surface area (Å²) in [6.07, 6.45) is 3.69. The molecule has 1 aliphatic heterocycles. The second-order valence-corrected chi connectivity index (χ2v) is 8.30. The lowest BCUT2D eigenvalue weighted by atomic mass is 10.1. The topological polar surface area (TPSA) is 80.1 Å². The lowest BCUT2D eigenvalue weighted by Crippen LogP contribution is -2.29. The summed E-state index contributed by atoms with van der Waals surface area (Å²) in [5, 5.41) is 8.50. The van der Waals surface area contributed by atoms with E-state index in [1.165, 1.54) is 0 Å². The number of aryl methyl sites for hydroxylation is 1. The molecule has 3 heterocycles. The summed E-state index contributed by atoms with van der Waals surface area (Å²) >= 11 is 6.14. The average Bonchev–Trinajstić information content (AvgIpc) is 3.37. The molecule has 2 aromatic heterocycles.